The second-order valence-corrected chi connectivity index (χ2v) is 9.96. The van der Waals surface area contributed by atoms with Crippen molar-refractivity contribution in [1.29, 1.82) is 0 Å². The van der Waals surface area contributed by atoms with E-state index in [0.717, 1.165) is 4.90 Å². The van der Waals surface area contributed by atoms with E-state index in [4.69, 9.17) is 14.2 Å². The quantitative estimate of drug-likeness (QED) is 0.191. The molecular weight excluding hydrogens is 448 g/mol. The number of nitrogens with one attached hydrogen (secondary N) is 2. The largest absolute Gasteiger partial charge is 0.464 e. The highest BCUT2D eigenvalue weighted by molar-refractivity contribution is 6.02. The molecular formula is C22H36N4O8. The highest BCUT2D eigenvalue weighted by Crippen LogP contribution is 2.37. The number of hydrogen-bond donors (Lipinski definition) is 2. The number of carbonyl (C=O) groups excluding carboxylic acids is 5. The van der Waals surface area contributed by atoms with Gasteiger partial charge in [0.1, 0.15) is 22.5 Å². The monoisotopic (exact) mass is 484 g/mol. The zero-order chi connectivity index (χ0) is 26.3. The van der Waals surface area contributed by atoms with Crippen LogP contribution in [0.3, 0.4) is 0 Å². The van der Waals surface area contributed by atoms with Gasteiger partial charge in [-0.3, -0.25) is 20.2 Å². The molecule has 3 amide bonds. The number of rotatable bonds is 6. The minimum atomic E-state index is -1.50. The maximum absolute atomic E-state index is 12.8. The van der Waals surface area contributed by atoms with Crippen LogP contribution in [0.2, 0.25) is 0 Å². The molecule has 2 N–H and O–H groups in total. The lowest BCUT2D eigenvalue weighted by molar-refractivity contribution is -0.154. The summed E-state index contributed by atoms with van der Waals surface area (Å²) in [7, 11) is 1.36. The maximum atomic E-state index is 12.8. The van der Waals surface area contributed by atoms with Gasteiger partial charge in [0, 0.05) is 19.9 Å². The van der Waals surface area contributed by atoms with Crippen LogP contribution in [0.25, 0.3) is 0 Å². The Balaban J connectivity index is 3.52. The van der Waals surface area contributed by atoms with Crippen LogP contribution in [-0.2, 0) is 28.6 Å². The van der Waals surface area contributed by atoms with Gasteiger partial charge in [0.2, 0.25) is 12.4 Å². The molecule has 0 aliphatic heterocycles. The van der Waals surface area contributed by atoms with Crippen molar-refractivity contribution in [1.82, 2.24) is 15.5 Å². The van der Waals surface area contributed by atoms with E-state index >= 15 is 0 Å². The van der Waals surface area contributed by atoms with E-state index in [2.05, 4.69) is 15.6 Å². The van der Waals surface area contributed by atoms with E-state index in [9.17, 15) is 24.0 Å². The summed E-state index contributed by atoms with van der Waals surface area (Å²) in [6.45, 7) is 11.5. The first-order valence-electron chi connectivity index (χ1n) is 11.0. The topological polar surface area (TPSA) is 153 Å². The van der Waals surface area contributed by atoms with Crippen LogP contribution in [0.15, 0.2) is 4.99 Å². The van der Waals surface area contributed by atoms with Crippen molar-refractivity contribution in [3.05, 3.63) is 0 Å². The van der Waals surface area contributed by atoms with Gasteiger partial charge in [0.15, 0.2) is 6.04 Å². The fraction of sp³-hybridized carbons (Fsp3) is 0.727. The molecule has 0 spiro atoms. The molecule has 12 nitrogen and oxygen atoms in total. The number of ether oxygens (including phenoxy) is 3. The number of alkyl carbamates (subject to hydrolysis) is 2. The summed E-state index contributed by atoms with van der Waals surface area (Å²) in [6.07, 6.45) is -1.51. The first-order valence-corrected chi connectivity index (χ1v) is 11.0. The van der Waals surface area contributed by atoms with E-state index in [1.165, 1.54) is 7.05 Å². The fourth-order valence-corrected chi connectivity index (χ4v) is 3.42. The molecule has 1 saturated carbocycles. The second kappa shape index (κ2) is 11.3. The predicted molar refractivity (Wildman–Crippen MR) is 122 cm³/mol. The summed E-state index contributed by atoms with van der Waals surface area (Å²) in [6, 6.07) is -1.28. The van der Waals surface area contributed by atoms with E-state index in [0.29, 0.717) is 6.41 Å². The van der Waals surface area contributed by atoms with Crippen molar-refractivity contribution < 1.29 is 38.2 Å². The molecule has 1 fully saturated rings. The van der Waals surface area contributed by atoms with E-state index < -0.39 is 46.9 Å². The zero-order valence-corrected chi connectivity index (χ0v) is 21.1. The number of hydrogen-bond acceptors (Lipinski definition) is 9. The molecule has 34 heavy (non-hydrogen) atoms. The van der Waals surface area contributed by atoms with Crippen LogP contribution >= 0.6 is 0 Å². The Bertz CT molecular complexity index is 796. The van der Waals surface area contributed by atoms with Gasteiger partial charge in [-0.25, -0.2) is 19.4 Å². The maximum Gasteiger partial charge on any atom is 0.414 e. The molecule has 2 atom stereocenters. The standard InChI is InChI=1S/C22H36N4O8/c1-9-32-16(29)15(26(8)13-27)22(11-10-14(28)12-22)25-17(23-18(30)33-20(2,3)4)24-19(31)34-21(5,6)7/h13,15H,9-12H2,1-8H3,(H2,23,24,25,30,31)/t15?,22-/m0/s1. The lowest BCUT2D eigenvalue weighted by Gasteiger charge is -2.36. The second-order valence-electron chi connectivity index (χ2n) is 9.96. The Kier molecular flexibility index (Phi) is 9.59. The molecule has 1 aliphatic rings. The van der Waals surface area contributed by atoms with Crippen LogP contribution in [0.4, 0.5) is 9.59 Å². The summed E-state index contributed by atoms with van der Waals surface area (Å²) in [5, 5.41) is 4.69. The molecule has 0 heterocycles. The van der Waals surface area contributed by atoms with Gasteiger partial charge in [0.25, 0.3) is 0 Å². The molecule has 12 heteroatoms. The Morgan fingerprint density at radius 1 is 1.09 bits per heavy atom. The van der Waals surface area contributed by atoms with Crippen LogP contribution in [0, 0.1) is 0 Å². The van der Waals surface area contributed by atoms with Gasteiger partial charge in [-0.2, -0.15) is 0 Å². The molecule has 1 aliphatic carbocycles. The van der Waals surface area contributed by atoms with Crippen molar-refractivity contribution in [3.63, 3.8) is 0 Å². The Hall–Kier alpha value is -3.18. The third kappa shape index (κ3) is 8.99. The number of carbonyl (C=O) groups is 5. The van der Waals surface area contributed by atoms with Gasteiger partial charge >= 0.3 is 18.2 Å². The van der Waals surface area contributed by atoms with Crippen molar-refractivity contribution >= 4 is 36.3 Å². The van der Waals surface area contributed by atoms with E-state index in [-0.39, 0.29) is 31.7 Å². The molecule has 0 aromatic heterocycles. The van der Waals surface area contributed by atoms with Gasteiger partial charge in [-0.05, 0) is 54.9 Å². The molecule has 1 unspecified atom stereocenters. The number of likely N-dealkylation sites (N-methyl/N-ethyl adjacent to an activating group) is 1. The van der Waals surface area contributed by atoms with E-state index in [1.807, 2.05) is 0 Å². The minimum absolute atomic E-state index is 0.0367. The average molecular weight is 485 g/mol. The molecule has 0 aromatic carbocycles. The molecule has 0 aromatic rings. The number of guanidine groups is 1. The number of amides is 3. The van der Waals surface area contributed by atoms with Gasteiger partial charge in [-0.15, -0.1) is 0 Å². The Morgan fingerprint density at radius 2 is 1.59 bits per heavy atom. The Morgan fingerprint density at radius 3 is 1.94 bits per heavy atom. The summed E-state index contributed by atoms with van der Waals surface area (Å²) in [5.74, 6) is -1.37. The first-order chi connectivity index (χ1) is 15.5. The molecule has 0 radical (unpaired) electrons. The summed E-state index contributed by atoms with van der Waals surface area (Å²) in [5.41, 5.74) is -3.21. The SMILES string of the molecule is CCOC(=O)C(N(C)C=O)[C@]1(N=C(NC(=O)OC(C)(C)C)NC(=O)OC(C)(C)C)CCC(=O)C1. The summed E-state index contributed by atoms with van der Waals surface area (Å²) >= 11 is 0. The highest BCUT2D eigenvalue weighted by atomic mass is 16.6. The van der Waals surface area contributed by atoms with Gasteiger partial charge in [0.05, 0.1) is 6.61 Å². The van der Waals surface area contributed by atoms with E-state index in [1.54, 1.807) is 48.5 Å². The first kappa shape index (κ1) is 28.9. The highest BCUT2D eigenvalue weighted by Gasteiger charge is 2.51. The third-order valence-corrected chi connectivity index (χ3v) is 4.51. The lowest BCUT2D eigenvalue weighted by Crippen LogP contribution is -2.56. The van der Waals surface area contributed by atoms with Crippen LogP contribution in [-0.4, -0.2) is 77.6 Å². The molecule has 0 bridgehead atoms. The van der Waals surface area contributed by atoms with Gasteiger partial charge in [-0.1, -0.05) is 0 Å². The smallest absolute Gasteiger partial charge is 0.414 e. The predicted octanol–water partition coefficient (Wildman–Crippen LogP) is 1.90. The van der Waals surface area contributed by atoms with Crippen molar-refractivity contribution in [2.24, 2.45) is 4.99 Å². The van der Waals surface area contributed by atoms with Crippen LogP contribution in [0.1, 0.15) is 67.7 Å². The number of esters is 1. The molecule has 0 saturated heterocycles. The molecule has 1 rings (SSSR count). The molecule has 192 valence electrons. The minimum Gasteiger partial charge on any atom is -0.464 e. The Labute approximate surface area is 199 Å². The van der Waals surface area contributed by atoms with Crippen LogP contribution in [0.5, 0.6) is 0 Å². The normalized spacial score (nSPS) is 18.9. The fourth-order valence-electron chi connectivity index (χ4n) is 3.42. The van der Waals surface area contributed by atoms with Crippen molar-refractivity contribution in [2.45, 2.75) is 90.5 Å². The number of ketones is 1. The summed E-state index contributed by atoms with van der Waals surface area (Å²) in [4.78, 5) is 67.1. The van der Waals surface area contributed by atoms with Crippen molar-refractivity contribution in [3.8, 4) is 0 Å². The number of nitrogens with zero attached hydrogens (tertiary/aromatic N) is 2. The van der Waals surface area contributed by atoms with Crippen molar-refractivity contribution in [2.75, 3.05) is 13.7 Å². The summed E-state index contributed by atoms with van der Waals surface area (Å²) < 4.78 is 15.6. The van der Waals surface area contributed by atoms with Gasteiger partial charge < -0.3 is 19.1 Å². The lowest BCUT2D eigenvalue weighted by atomic mass is 9.87. The number of aliphatic imine (C=N–C) groups is 1. The van der Waals surface area contributed by atoms with Crippen LogP contribution < -0.4 is 10.6 Å². The third-order valence-electron chi connectivity index (χ3n) is 4.51. The number of Topliss-reactive ketones (excluding diaryl/α,β-unsaturated/α-hetero) is 1. The average Bonchev–Trinajstić information content (AvgIpc) is 2.99. The zero-order valence-electron chi connectivity index (χ0n) is 21.1.